The Bertz CT molecular complexity index is 1320. The Morgan fingerprint density at radius 3 is 1.65 bits per heavy atom. The van der Waals surface area contributed by atoms with Crippen molar-refractivity contribution >= 4 is 39.2 Å². The summed E-state index contributed by atoms with van der Waals surface area (Å²) >= 11 is 8.21. The van der Waals surface area contributed by atoms with Crippen molar-refractivity contribution in [2.75, 3.05) is 13.3 Å². The van der Waals surface area contributed by atoms with Gasteiger partial charge in [-0.2, -0.15) is 0 Å². The summed E-state index contributed by atoms with van der Waals surface area (Å²) in [6, 6.07) is 34.1. The summed E-state index contributed by atoms with van der Waals surface area (Å²) in [6.07, 6.45) is 7.51. The van der Waals surface area contributed by atoms with Gasteiger partial charge in [0.2, 0.25) is 0 Å². The van der Waals surface area contributed by atoms with Gasteiger partial charge in [-0.15, -0.1) is 0 Å². The number of benzene rings is 4. The maximum atomic E-state index is 8.21. The molecule has 0 unspecified atom stereocenters. The summed E-state index contributed by atoms with van der Waals surface area (Å²) < 4.78 is 5.56. The molecule has 0 aliphatic carbocycles. The molecular weight excluding hydrogens is 491 g/mol. The van der Waals surface area contributed by atoms with Gasteiger partial charge in [0, 0.05) is 0 Å². The zero-order valence-electron chi connectivity index (χ0n) is 22.5. The van der Waals surface area contributed by atoms with E-state index in [4.69, 9.17) is 16.0 Å². The Labute approximate surface area is 227 Å². The zero-order valence-corrected chi connectivity index (χ0v) is 24.2. The Morgan fingerprint density at radius 2 is 1.22 bits per heavy atom. The molecule has 4 aromatic carbocycles. The van der Waals surface area contributed by atoms with Crippen LogP contribution in [0.25, 0.3) is 6.08 Å². The van der Waals surface area contributed by atoms with E-state index in [0.29, 0.717) is 0 Å². The van der Waals surface area contributed by atoms with Crippen LogP contribution in [-0.4, -0.2) is 13.3 Å². The number of ether oxygens (including phenoxy) is 1. The fraction of sp³-hybridized carbons (Fsp3) is 0.176. The number of hydrogen-bond donors (Lipinski definition) is 0. The number of methoxy groups -OCH3 is 1. The number of halogens is 1. The standard InChI is InChI=1S/C34H37ClOP/c1-26(21-22-33-27(2)25-34(36-5)29(4)28(33)3)23-24-37(35,30-15-9-6-10-16-30,31-17-11-7-12-18-31)32-19-13-8-14-20-32/h6-23,25,37H,24H2,1-5H3/q-1/b22-21+,26-23+. The molecule has 37 heavy (non-hydrogen) atoms. The topological polar surface area (TPSA) is 9.23 Å². The molecule has 0 atom stereocenters. The van der Waals surface area contributed by atoms with Crippen molar-refractivity contribution in [2.24, 2.45) is 0 Å². The van der Waals surface area contributed by atoms with Gasteiger partial charge in [-0.3, -0.25) is 0 Å². The van der Waals surface area contributed by atoms with Gasteiger partial charge in [0.1, 0.15) is 0 Å². The molecule has 0 saturated carbocycles. The van der Waals surface area contributed by atoms with E-state index in [1.54, 1.807) is 7.11 Å². The molecule has 0 heterocycles. The van der Waals surface area contributed by atoms with E-state index in [0.717, 1.165) is 11.9 Å². The van der Waals surface area contributed by atoms with Crippen LogP contribution in [0.1, 0.15) is 29.2 Å². The summed E-state index contributed by atoms with van der Waals surface area (Å²) in [6.45, 7) is 8.58. The van der Waals surface area contributed by atoms with Gasteiger partial charge in [-0.05, 0) is 0 Å². The normalized spacial score (nSPS) is 13.4. The van der Waals surface area contributed by atoms with E-state index in [-0.39, 0.29) is 0 Å². The molecule has 0 spiro atoms. The van der Waals surface area contributed by atoms with Gasteiger partial charge in [0.05, 0.1) is 0 Å². The van der Waals surface area contributed by atoms with E-state index < -0.39 is 5.96 Å². The van der Waals surface area contributed by atoms with Crippen molar-refractivity contribution in [3.63, 3.8) is 0 Å². The second kappa shape index (κ2) is 11.1. The van der Waals surface area contributed by atoms with Crippen LogP contribution in [0, 0.1) is 20.8 Å². The Morgan fingerprint density at radius 1 is 0.757 bits per heavy atom. The molecule has 0 aliphatic heterocycles. The molecule has 0 aliphatic rings. The van der Waals surface area contributed by atoms with Crippen molar-refractivity contribution in [3.8, 4) is 5.75 Å². The second-order valence-electron chi connectivity index (χ2n) is 9.97. The summed E-state index contributed by atoms with van der Waals surface area (Å²) in [5.41, 5.74) is 6.07. The van der Waals surface area contributed by atoms with Gasteiger partial charge < -0.3 is 0 Å². The average molecular weight is 528 g/mol. The van der Waals surface area contributed by atoms with E-state index in [1.807, 2.05) is 0 Å². The van der Waals surface area contributed by atoms with Crippen molar-refractivity contribution in [1.29, 1.82) is 0 Å². The molecular formula is C34H37ClOP-. The van der Waals surface area contributed by atoms with Crippen LogP contribution in [0.2, 0.25) is 0 Å². The number of aryl methyl sites for hydroxylation is 1. The molecule has 4 aromatic rings. The monoisotopic (exact) mass is 527 g/mol. The van der Waals surface area contributed by atoms with Gasteiger partial charge in [0.15, 0.2) is 0 Å². The zero-order chi connectivity index (χ0) is 26.5. The van der Waals surface area contributed by atoms with Crippen molar-refractivity contribution in [2.45, 2.75) is 27.7 Å². The van der Waals surface area contributed by atoms with Crippen LogP contribution >= 0.6 is 17.2 Å². The third-order valence-electron chi connectivity index (χ3n) is 7.78. The second-order valence-corrected chi connectivity index (χ2v) is 17.3. The van der Waals surface area contributed by atoms with Gasteiger partial charge in [-0.25, -0.2) is 0 Å². The number of allylic oxidation sites excluding steroid dienone is 3. The van der Waals surface area contributed by atoms with Crippen LogP contribution in [0.3, 0.4) is 0 Å². The average Bonchev–Trinajstić information content (AvgIpc) is 2.95. The summed E-state index contributed by atoms with van der Waals surface area (Å²) in [7, 11) is 1.73. The van der Waals surface area contributed by atoms with Crippen molar-refractivity contribution < 1.29 is 4.74 Å². The molecule has 0 bridgehead atoms. The molecule has 0 radical (unpaired) electrons. The summed E-state index contributed by atoms with van der Waals surface area (Å²) in [5, 5.41) is 3.60. The third kappa shape index (κ3) is 5.04. The first kappa shape index (κ1) is 26.9. The molecule has 4 rings (SSSR count). The molecule has 192 valence electrons. The molecule has 0 N–H and O–H groups in total. The van der Waals surface area contributed by atoms with Crippen LogP contribution in [0.4, 0.5) is 0 Å². The Balaban J connectivity index is 1.84. The first-order valence-electron chi connectivity index (χ1n) is 12.8. The van der Waals surface area contributed by atoms with E-state index in [1.165, 1.54) is 43.7 Å². The number of hydrogen-bond acceptors (Lipinski definition) is 1. The van der Waals surface area contributed by atoms with Gasteiger partial charge >= 0.3 is 228 Å². The minimum absolute atomic E-state index is 0.745. The third-order valence-corrected chi connectivity index (χ3v) is 15.8. The summed E-state index contributed by atoms with van der Waals surface area (Å²) in [5.74, 6) is -2.71. The summed E-state index contributed by atoms with van der Waals surface area (Å²) in [4.78, 5) is 0. The fourth-order valence-electron chi connectivity index (χ4n) is 5.38. The SMILES string of the molecule is COc1cc(C)c(/C=C/C(C)=C/C[PH-](Cl)(c2ccccc2)(c2ccccc2)c2ccccc2)c(C)c1C. The first-order chi connectivity index (χ1) is 17.8. The van der Waals surface area contributed by atoms with Crippen LogP contribution in [0.15, 0.2) is 115 Å². The molecule has 0 saturated heterocycles. The van der Waals surface area contributed by atoms with E-state index in [9.17, 15) is 0 Å². The number of rotatable bonds is 8. The van der Waals surface area contributed by atoms with Crippen molar-refractivity contribution in [3.05, 3.63) is 137 Å². The molecule has 0 amide bonds. The van der Waals surface area contributed by atoms with Crippen LogP contribution in [-0.2, 0) is 0 Å². The van der Waals surface area contributed by atoms with Gasteiger partial charge in [0.25, 0.3) is 0 Å². The molecule has 1 nitrogen and oxygen atoms in total. The predicted molar refractivity (Wildman–Crippen MR) is 167 cm³/mol. The molecule has 3 heteroatoms. The molecule has 0 aromatic heterocycles. The van der Waals surface area contributed by atoms with E-state index in [2.05, 4.69) is 143 Å². The van der Waals surface area contributed by atoms with E-state index >= 15 is 0 Å². The molecule has 0 fully saturated rings. The van der Waals surface area contributed by atoms with Crippen LogP contribution < -0.4 is 20.7 Å². The first-order valence-corrected chi connectivity index (χ1v) is 16.5. The Hall–Kier alpha value is -3.12. The minimum atomic E-state index is -3.65. The fourth-order valence-corrected chi connectivity index (χ4v) is 11.8. The predicted octanol–water partition coefficient (Wildman–Crippen LogP) is 8.00. The van der Waals surface area contributed by atoms with Crippen molar-refractivity contribution in [1.82, 2.24) is 0 Å². The quantitative estimate of drug-likeness (QED) is 0.167. The van der Waals surface area contributed by atoms with Gasteiger partial charge in [-0.1, -0.05) is 0 Å². The van der Waals surface area contributed by atoms with Crippen LogP contribution in [0.5, 0.6) is 5.75 Å². The Kier molecular flexibility index (Phi) is 8.08. The maximum absolute atomic E-state index is 8.21.